The third kappa shape index (κ3) is 5.85. The average Bonchev–Trinajstić information content (AvgIpc) is 2.47. The van der Waals surface area contributed by atoms with Crippen LogP contribution >= 0.6 is 0 Å². The average molecular weight is 396 g/mol. The Balaban J connectivity index is 1.71. The molecule has 2 aromatic carbocycles. The molecular weight excluding hydrogens is 374 g/mol. The van der Waals surface area contributed by atoms with Gasteiger partial charge in [-0.3, -0.25) is 0 Å². The van der Waals surface area contributed by atoms with Crippen LogP contribution in [0.25, 0.3) is 0 Å². The molecule has 2 atom stereocenters. The summed E-state index contributed by atoms with van der Waals surface area (Å²) in [5, 5.41) is 0. The first kappa shape index (κ1) is 15.9. The van der Waals surface area contributed by atoms with Gasteiger partial charge in [0.05, 0.1) is 0 Å². The molecule has 2 rings (SSSR count). The van der Waals surface area contributed by atoms with Gasteiger partial charge >= 0.3 is 134 Å². The van der Waals surface area contributed by atoms with Crippen molar-refractivity contribution < 1.29 is 0 Å². The molecule has 0 aliphatic carbocycles. The fraction of sp³-hybridized carbons (Fsp3) is 0.333. The van der Waals surface area contributed by atoms with Crippen molar-refractivity contribution in [1.82, 2.24) is 0 Å². The van der Waals surface area contributed by atoms with E-state index in [2.05, 4.69) is 74.5 Å². The first-order valence-electron chi connectivity index (χ1n) is 7.14. The quantitative estimate of drug-likeness (QED) is 0.609. The van der Waals surface area contributed by atoms with Crippen molar-refractivity contribution in [3.63, 3.8) is 0 Å². The van der Waals surface area contributed by atoms with Gasteiger partial charge in [-0.15, -0.1) is 0 Å². The van der Waals surface area contributed by atoms with Crippen LogP contribution in [0.1, 0.15) is 25.0 Å². The SMILES string of the molecule is CC(Cc1ccccc1)[Se][Se]C(C)Cc1ccccc1. The van der Waals surface area contributed by atoms with Crippen molar-refractivity contribution in [1.29, 1.82) is 0 Å². The van der Waals surface area contributed by atoms with E-state index in [0.717, 1.165) is 35.9 Å². The minimum absolute atomic E-state index is 0.803. The Labute approximate surface area is 134 Å². The van der Waals surface area contributed by atoms with Crippen LogP contribution in [0, 0.1) is 0 Å². The molecule has 106 valence electrons. The standard InChI is InChI=1S/C18H22Se2/c1-15(13-17-9-5-3-6-10-17)19-20-16(2)14-18-11-7-4-8-12-18/h3-12,15-16H,13-14H2,1-2H3. The van der Waals surface area contributed by atoms with Gasteiger partial charge in [-0.25, -0.2) is 0 Å². The molecule has 0 amide bonds. The van der Waals surface area contributed by atoms with E-state index in [4.69, 9.17) is 0 Å². The summed E-state index contributed by atoms with van der Waals surface area (Å²) in [4.78, 5) is 1.73. The van der Waals surface area contributed by atoms with E-state index in [1.165, 1.54) is 24.0 Å². The van der Waals surface area contributed by atoms with Crippen LogP contribution in [0.4, 0.5) is 0 Å². The van der Waals surface area contributed by atoms with Crippen molar-refractivity contribution in [3.8, 4) is 0 Å². The number of hydrogen-bond acceptors (Lipinski definition) is 0. The molecule has 20 heavy (non-hydrogen) atoms. The molecule has 0 spiro atoms. The molecule has 0 radical (unpaired) electrons. The van der Waals surface area contributed by atoms with Crippen LogP contribution in [0.5, 0.6) is 0 Å². The van der Waals surface area contributed by atoms with E-state index in [1.807, 2.05) is 0 Å². The van der Waals surface area contributed by atoms with Crippen LogP contribution < -0.4 is 0 Å². The van der Waals surface area contributed by atoms with Crippen LogP contribution in [-0.4, -0.2) is 26.3 Å². The van der Waals surface area contributed by atoms with Gasteiger partial charge in [-0.1, -0.05) is 0 Å². The second kappa shape index (κ2) is 8.70. The van der Waals surface area contributed by atoms with Crippen molar-refractivity contribution in [3.05, 3.63) is 71.8 Å². The number of rotatable bonds is 7. The van der Waals surface area contributed by atoms with Gasteiger partial charge in [0.1, 0.15) is 0 Å². The fourth-order valence-corrected chi connectivity index (χ4v) is 9.66. The van der Waals surface area contributed by atoms with Gasteiger partial charge in [0.25, 0.3) is 0 Å². The molecule has 0 aliphatic rings. The summed E-state index contributed by atoms with van der Waals surface area (Å²) in [6, 6.07) is 21.8. The van der Waals surface area contributed by atoms with Gasteiger partial charge in [0.2, 0.25) is 0 Å². The van der Waals surface area contributed by atoms with Crippen LogP contribution in [0.2, 0.25) is 9.63 Å². The molecule has 0 saturated carbocycles. The van der Waals surface area contributed by atoms with Gasteiger partial charge in [-0.2, -0.15) is 0 Å². The Hall–Kier alpha value is -0.521. The number of benzene rings is 2. The topological polar surface area (TPSA) is 0 Å². The van der Waals surface area contributed by atoms with Gasteiger partial charge in [-0.05, 0) is 0 Å². The van der Waals surface area contributed by atoms with E-state index in [0.29, 0.717) is 0 Å². The summed E-state index contributed by atoms with van der Waals surface area (Å²) in [6.07, 6.45) is 2.50. The summed E-state index contributed by atoms with van der Waals surface area (Å²) in [6.45, 7) is 4.84. The molecule has 0 fully saturated rings. The van der Waals surface area contributed by atoms with E-state index in [1.54, 1.807) is 0 Å². The Bertz CT molecular complexity index is 434. The maximum absolute atomic E-state index is 2.42. The van der Waals surface area contributed by atoms with Gasteiger partial charge in [0.15, 0.2) is 0 Å². The molecular formula is C18H22Se2. The minimum atomic E-state index is 0.803. The van der Waals surface area contributed by atoms with Crippen LogP contribution in [0.3, 0.4) is 0 Å². The predicted molar refractivity (Wildman–Crippen MR) is 90.6 cm³/mol. The molecule has 0 saturated heterocycles. The summed E-state index contributed by atoms with van der Waals surface area (Å²) in [7, 11) is 0. The maximum atomic E-state index is 2.42. The first-order chi connectivity index (χ1) is 9.74. The molecule has 0 bridgehead atoms. The number of hydrogen-bond donors (Lipinski definition) is 0. The molecule has 2 heteroatoms. The molecule has 0 heterocycles. The van der Waals surface area contributed by atoms with Crippen LogP contribution in [-0.2, 0) is 12.8 Å². The van der Waals surface area contributed by atoms with E-state index in [-0.39, 0.29) is 0 Å². The normalized spacial score (nSPS) is 13.9. The molecule has 2 aromatic rings. The molecule has 0 N–H and O–H groups in total. The second-order valence-electron chi connectivity index (χ2n) is 5.19. The molecule has 2 unspecified atom stereocenters. The van der Waals surface area contributed by atoms with Crippen molar-refractivity contribution in [2.24, 2.45) is 0 Å². The van der Waals surface area contributed by atoms with Gasteiger partial charge in [0, 0.05) is 0 Å². The predicted octanol–water partition coefficient (Wildman–Crippen LogP) is 4.41. The zero-order valence-electron chi connectivity index (χ0n) is 12.2. The monoisotopic (exact) mass is 398 g/mol. The fourth-order valence-electron chi connectivity index (χ4n) is 2.15. The Morgan fingerprint density at radius 1 is 0.650 bits per heavy atom. The Morgan fingerprint density at radius 2 is 1.00 bits per heavy atom. The van der Waals surface area contributed by atoms with Gasteiger partial charge < -0.3 is 0 Å². The van der Waals surface area contributed by atoms with Crippen molar-refractivity contribution in [2.45, 2.75) is 36.3 Å². The summed E-state index contributed by atoms with van der Waals surface area (Å²) >= 11 is 1.61. The zero-order valence-corrected chi connectivity index (χ0v) is 15.6. The van der Waals surface area contributed by atoms with E-state index < -0.39 is 0 Å². The second-order valence-corrected chi connectivity index (χ2v) is 13.6. The summed E-state index contributed by atoms with van der Waals surface area (Å²) < 4.78 is 0. The summed E-state index contributed by atoms with van der Waals surface area (Å²) in [5.74, 6) is 0. The molecule has 0 nitrogen and oxygen atoms in total. The summed E-state index contributed by atoms with van der Waals surface area (Å²) in [5.41, 5.74) is 2.99. The zero-order chi connectivity index (χ0) is 14.2. The van der Waals surface area contributed by atoms with Crippen molar-refractivity contribution in [2.75, 3.05) is 0 Å². The van der Waals surface area contributed by atoms with Crippen LogP contribution in [0.15, 0.2) is 60.7 Å². The Morgan fingerprint density at radius 3 is 1.35 bits per heavy atom. The molecule has 0 aromatic heterocycles. The van der Waals surface area contributed by atoms with Crippen molar-refractivity contribution >= 4 is 26.3 Å². The third-order valence-electron chi connectivity index (χ3n) is 3.12. The Kier molecular flexibility index (Phi) is 6.90. The molecule has 0 aliphatic heterocycles. The third-order valence-corrected chi connectivity index (χ3v) is 13.8. The first-order valence-corrected chi connectivity index (χ1v) is 13.4. The van der Waals surface area contributed by atoms with E-state index in [9.17, 15) is 0 Å². The van der Waals surface area contributed by atoms with E-state index >= 15 is 0 Å².